The van der Waals surface area contributed by atoms with Gasteiger partial charge in [0, 0.05) is 5.02 Å². The summed E-state index contributed by atoms with van der Waals surface area (Å²) in [4.78, 5) is 23.4. The molecule has 1 aliphatic rings. The normalized spacial score (nSPS) is 17.0. The number of carboxylic acids is 1. The van der Waals surface area contributed by atoms with Crippen molar-refractivity contribution in [2.24, 2.45) is 0 Å². The summed E-state index contributed by atoms with van der Waals surface area (Å²) in [6, 6.07) is 3.01. The Morgan fingerprint density at radius 1 is 1.24 bits per heavy atom. The molecule has 7 heteroatoms. The van der Waals surface area contributed by atoms with Gasteiger partial charge in [-0.05, 0) is 31.0 Å². The second-order valence-corrected chi connectivity index (χ2v) is 5.59. The number of benzene rings is 1. The first-order chi connectivity index (χ1) is 9.93. The highest BCUT2D eigenvalue weighted by Crippen LogP contribution is 2.29. The van der Waals surface area contributed by atoms with Gasteiger partial charge < -0.3 is 15.7 Å². The molecule has 2 rings (SSSR count). The van der Waals surface area contributed by atoms with Crippen molar-refractivity contribution in [3.8, 4) is 0 Å². The zero-order valence-electron chi connectivity index (χ0n) is 11.3. The SMILES string of the molecule is O=C(Nc1cc(Cl)ccc1F)NC1(C(=O)O)CCCCC1. The van der Waals surface area contributed by atoms with E-state index in [0.717, 1.165) is 25.3 Å². The summed E-state index contributed by atoms with van der Waals surface area (Å²) in [5.41, 5.74) is -1.37. The van der Waals surface area contributed by atoms with Crippen molar-refractivity contribution in [2.45, 2.75) is 37.6 Å². The molecule has 0 bridgehead atoms. The highest BCUT2D eigenvalue weighted by Gasteiger charge is 2.41. The van der Waals surface area contributed by atoms with E-state index in [9.17, 15) is 19.1 Å². The number of nitrogens with one attached hydrogen (secondary N) is 2. The smallest absolute Gasteiger partial charge is 0.329 e. The van der Waals surface area contributed by atoms with E-state index in [1.165, 1.54) is 12.1 Å². The molecule has 1 aromatic carbocycles. The molecule has 114 valence electrons. The number of anilines is 1. The molecule has 1 fully saturated rings. The fourth-order valence-corrected chi connectivity index (χ4v) is 2.68. The number of aliphatic carboxylic acids is 1. The van der Waals surface area contributed by atoms with E-state index in [2.05, 4.69) is 10.6 Å². The number of carbonyl (C=O) groups is 2. The van der Waals surface area contributed by atoms with Crippen molar-refractivity contribution in [3.63, 3.8) is 0 Å². The maximum atomic E-state index is 13.5. The van der Waals surface area contributed by atoms with Gasteiger partial charge in [0.25, 0.3) is 0 Å². The Balaban J connectivity index is 2.09. The summed E-state index contributed by atoms with van der Waals surface area (Å²) in [6.07, 6.45) is 3.15. The molecule has 0 heterocycles. The summed E-state index contributed by atoms with van der Waals surface area (Å²) in [6.45, 7) is 0. The first-order valence-electron chi connectivity index (χ1n) is 6.70. The summed E-state index contributed by atoms with van der Waals surface area (Å²) in [5, 5.41) is 14.4. The van der Waals surface area contributed by atoms with Crippen LogP contribution in [0.25, 0.3) is 0 Å². The minimum atomic E-state index is -1.28. The topological polar surface area (TPSA) is 78.4 Å². The third-order valence-corrected chi connectivity index (χ3v) is 3.88. The number of carboxylic acid groups (broad SMARTS) is 1. The van der Waals surface area contributed by atoms with Crippen LogP contribution in [0, 0.1) is 5.82 Å². The summed E-state index contributed by atoms with van der Waals surface area (Å²) in [7, 11) is 0. The van der Waals surface area contributed by atoms with Crippen molar-refractivity contribution < 1.29 is 19.1 Å². The van der Waals surface area contributed by atoms with E-state index in [4.69, 9.17) is 11.6 Å². The molecule has 0 aliphatic heterocycles. The molecule has 1 aromatic rings. The maximum absolute atomic E-state index is 13.5. The molecular weight excluding hydrogens is 299 g/mol. The molecule has 1 aliphatic carbocycles. The van der Waals surface area contributed by atoms with Crippen molar-refractivity contribution in [3.05, 3.63) is 29.0 Å². The lowest BCUT2D eigenvalue weighted by molar-refractivity contribution is -0.145. The second-order valence-electron chi connectivity index (χ2n) is 5.15. The minimum Gasteiger partial charge on any atom is -0.480 e. The maximum Gasteiger partial charge on any atom is 0.329 e. The Morgan fingerprint density at radius 2 is 1.90 bits per heavy atom. The van der Waals surface area contributed by atoms with Crippen molar-refractivity contribution in [1.82, 2.24) is 5.32 Å². The van der Waals surface area contributed by atoms with Crippen LogP contribution in [0.1, 0.15) is 32.1 Å². The van der Waals surface area contributed by atoms with E-state index < -0.39 is 23.4 Å². The molecule has 3 N–H and O–H groups in total. The number of halogens is 2. The van der Waals surface area contributed by atoms with Crippen molar-refractivity contribution >= 4 is 29.3 Å². The predicted octanol–water partition coefficient (Wildman–Crippen LogP) is 3.39. The second kappa shape index (κ2) is 6.30. The third-order valence-electron chi connectivity index (χ3n) is 3.65. The van der Waals surface area contributed by atoms with Gasteiger partial charge in [-0.2, -0.15) is 0 Å². The zero-order chi connectivity index (χ0) is 15.5. The standard InChI is InChI=1S/C14H16ClFN2O3/c15-9-4-5-10(16)11(8-9)17-13(21)18-14(12(19)20)6-2-1-3-7-14/h4-5,8H,1-3,6-7H2,(H,19,20)(H2,17,18,21). The number of hydrogen-bond acceptors (Lipinski definition) is 2. The van der Waals surface area contributed by atoms with Crippen LogP contribution in [0.15, 0.2) is 18.2 Å². The fourth-order valence-electron chi connectivity index (χ4n) is 2.51. The van der Waals surface area contributed by atoms with Gasteiger partial charge >= 0.3 is 12.0 Å². The van der Waals surface area contributed by atoms with Crippen molar-refractivity contribution in [2.75, 3.05) is 5.32 Å². The third kappa shape index (κ3) is 3.64. The Hall–Kier alpha value is -1.82. The van der Waals surface area contributed by atoms with Crippen LogP contribution in [0.3, 0.4) is 0 Å². The summed E-state index contributed by atoms with van der Waals surface area (Å²) in [5.74, 6) is -1.70. The number of rotatable bonds is 3. The summed E-state index contributed by atoms with van der Waals surface area (Å²) >= 11 is 5.74. The van der Waals surface area contributed by atoms with Gasteiger partial charge in [0.2, 0.25) is 0 Å². The molecule has 0 spiro atoms. The molecule has 1 saturated carbocycles. The van der Waals surface area contributed by atoms with E-state index >= 15 is 0 Å². The van der Waals surface area contributed by atoms with Crippen LogP contribution in [-0.4, -0.2) is 22.6 Å². The largest absolute Gasteiger partial charge is 0.480 e. The minimum absolute atomic E-state index is 0.0867. The number of urea groups is 1. The Kier molecular flexibility index (Phi) is 4.67. The molecule has 21 heavy (non-hydrogen) atoms. The van der Waals surface area contributed by atoms with Crippen molar-refractivity contribution in [1.29, 1.82) is 0 Å². The molecule has 2 amide bonds. The first-order valence-corrected chi connectivity index (χ1v) is 7.08. The van der Waals surface area contributed by atoms with E-state index in [-0.39, 0.29) is 10.7 Å². The quantitative estimate of drug-likeness (QED) is 0.800. The monoisotopic (exact) mass is 314 g/mol. The zero-order valence-corrected chi connectivity index (χ0v) is 12.0. The van der Waals surface area contributed by atoms with E-state index in [1.807, 2.05) is 0 Å². The van der Waals surface area contributed by atoms with E-state index in [1.54, 1.807) is 0 Å². The Morgan fingerprint density at radius 3 is 2.52 bits per heavy atom. The number of amides is 2. The van der Waals surface area contributed by atoms with E-state index in [0.29, 0.717) is 12.8 Å². The first kappa shape index (κ1) is 15.6. The van der Waals surface area contributed by atoms with Gasteiger partial charge in [-0.25, -0.2) is 14.0 Å². The molecule has 0 aromatic heterocycles. The lowest BCUT2D eigenvalue weighted by Crippen LogP contribution is -2.56. The average Bonchev–Trinajstić information content (AvgIpc) is 2.43. The molecule has 0 saturated heterocycles. The Labute approximate surface area is 126 Å². The van der Waals surface area contributed by atoms with Gasteiger partial charge in [-0.15, -0.1) is 0 Å². The average molecular weight is 315 g/mol. The predicted molar refractivity (Wildman–Crippen MR) is 77.0 cm³/mol. The van der Waals surface area contributed by atoms with Crippen LogP contribution >= 0.6 is 11.6 Å². The highest BCUT2D eigenvalue weighted by molar-refractivity contribution is 6.30. The van der Waals surface area contributed by atoms with Crippen LogP contribution in [0.5, 0.6) is 0 Å². The number of hydrogen-bond donors (Lipinski definition) is 3. The van der Waals surface area contributed by atoms with Gasteiger partial charge in [0.1, 0.15) is 11.4 Å². The molecular formula is C14H16ClFN2O3. The highest BCUT2D eigenvalue weighted by atomic mass is 35.5. The number of carbonyl (C=O) groups excluding carboxylic acids is 1. The van der Waals surface area contributed by atoms with Crippen LogP contribution in [0.4, 0.5) is 14.9 Å². The summed E-state index contributed by atoms with van der Waals surface area (Å²) < 4.78 is 13.5. The Bertz CT molecular complexity index is 559. The van der Waals surface area contributed by atoms with Crippen LogP contribution in [-0.2, 0) is 4.79 Å². The lowest BCUT2D eigenvalue weighted by Gasteiger charge is -2.33. The fraction of sp³-hybridized carbons (Fsp3) is 0.429. The van der Waals surface area contributed by atoms with Gasteiger partial charge in [0.05, 0.1) is 5.69 Å². The molecule has 5 nitrogen and oxygen atoms in total. The van der Waals surface area contributed by atoms with Gasteiger partial charge in [-0.1, -0.05) is 30.9 Å². The lowest BCUT2D eigenvalue weighted by atomic mass is 9.82. The van der Waals surface area contributed by atoms with Crippen LogP contribution < -0.4 is 10.6 Å². The van der Waals surface area contributed by atoms with Gasteiger partial charge in [-0.3, -0.25) is 0 Å². The molecule has 0 unspecified atom stereocenters. The molecule has 0 atom stereocenters. The van der Waals surface area contributed by atoms with Gasteiger partial charge in [0.15, 0.2) is 0 Å². The van der Waals surface area contributed by atoms with Crippen LogP contribution in [0.2, 0.25) is 5.02 Å². The molecule has 0 radical (unpaired) electrons.